The molecule has 8 heteroatoms. The fraction of sp³-hybridized carbons (Fsp3) is 0.280. The quantitative estimate of drug-likeness (QED) is 0.396. The van der Waals surface area contributed by atoms with E-state index in [1.807, 2.05) is 24.3 Å². The van der Waals surface area contributed by atoms with Crippen LogP contribution in [0.3, 0.4) is 0 Å². The van der Waals surface area contributed by atoms with E-state index in [1.54, 1.807) is 36.3 Å². The third-order valence-electron chi connectivity index (χ3n) is 5.66. The molecule has 0 unspecified atom stereocenters. The number of halogens is 1. The molecule has 0 saturated carbocycles. The number of H-pyrrole nitrogens is 1. The monoisotopic (exact) mass is 447 g/mol. The number of rotatable bonds is 9. The van der Waals surface area contributed by atoms with Crippen molar-refractivity contribution in [2.45, 2.75) is 32.2 Å². The highest BCUT2D eigenvalue weighted by molar-refractivity contribution is 5.81. The van der Waals surface area contributed by atoms with Crippen molar-refractivity contribution in [2.75, 3.05) is 13.6 Å². The van der Waals surface area contributed by atoms with E-state index in [4.69, 9.17) is 0 Å². The van der Waals surface area contributed by atoms with Crippen LogP contribution in [-0.2, 0) is 17.8 Å². The lowest BCUT2D eigenvalue weighted by Crippen LogP contribution is -2.35. The Morgan fingerprint density at radius 3 is 2.79 bits per heavy atom. The summed E-state index contributed by atoms with van der Waals surface area (Å²) < 4.78 is 14.6. The highest BCUT2D eigenvalue weighted by Crippen LogP contribution is 2.19. The zero-order valence-electron chi connectivity index (χ0n) is 18.5. The van der Waals surface area contributed by atoms with Crippen LogP contribution in [0.2, 0.25) is 0 Å². The molecule has 2 aromatic carbocycles. The maximum atomic E-state index is 13.4. The Kier molecular flexibility index (Phi) is 6.92. The molecule has 1 N–H and O–H groups in total. The summed E-state index contributed by atoms with van der Waals surface area (Å²) >= 11 is 0. The number of carbonyl (C=O) groups is 1. The Morgan fingerprint density at radius 1 is 1.09 bits per heavy atom. The lowest BCUT2D eigenvalue weighted by molar-refractivity contribution is -0.130. The van der Waals surface area contributed by atoms with Crippen LogP contribution in [0.4, 0.5) is 4.39 Å². The van der Waals surface area contributed by atoms with E-state index in [1.165, 1.54) is 16.8 Å². The van der Waals surface area contributed by atoms with Crippen molar-refractivity contribution in [3.05, 3.63) is 82.7 Å². The van der Waals surface area contributed by atoms with Crippen LogP contribution in [0.25, 0.3) is 22.0 Å². The van der Waals surface area contributed by atoms with E-state index >= 15 is 0 Å². The summed E-state index contributed by atoms with van der Waals surface area (Å²) in [5, 5.41) is 12.7. The van der Waals surface area contributed by atoms with Gasteiger partial charge >= 0.3 is 0 Å². The second-order valence-electron chi connectivity index (χ2n) is 8.11. The first kappa shape index (κ1) is 22.4. The number of hydrogen-bond donors (Lipinski definition) is 1. The normalized spacial score (nSPS) is 11.1. The number of benzene rings is 2. The number of carbonyl (C=O) groups excluding carboxylic acids is 1. The third kappa shape index (κ3) is 5.52. The SMILES string of the molecule is CN(CCCCCc1cc(-c2cccc(F)c2)n[nH]1)C(=O)Cn1ncc2ccccc2c1=O. The fourth-order valence-corrected chi connectivity index (χ4v) is 3.74. The minimum absolute atomic E-state index is 0.0723. The molecule has 170 valence electrons. The molecule has 0 radical (unpaired) electrons. The second kappa shape index (κ2) is 10.2. The van der Waals surface area contributed by atoms with Crippen molar-refractivity contribution in [1.82, 2.24) is 24.9 Å². The molecule has 0 aliphatic rings. The van der Waals surface area contributed by atoms with Gasteiger partial charge in [-0.2, -0.15) is 10.2 Å². The number of aromatic amines is 1. The Bertz CT molecular complexity index is 1310. The van der Waals surface area contributed by atoms with Crippen LogP contribution in [0, 0.1) is 5.82 Å². The van der Waals surface area contributed by atoms with Gasteiger partial charge in [0.1, 0.15) is 12.4 Å². The average Bonchev–Trinajstić information content (AvgIpc) is 3.29. The molecule has 0 aliphatic heterocycles. The number of fused-ring (bicyclic) bond motifs is 1. The minimum Gasteiger partial charge on any atom is -0.344 e. The van der Waals surface area contributed by atoms with E-state index in [-0.39, 0.29) is 23.8 Å². The van der Waals surface area contributed by atoms with Gasteiger partial charge in [0.2, 0.25) is 5.91 Å². The average molecular weight is 448 g/mol. The van der Waals surface area contributed by atoms with Gasteiger partial charge in [0, 0.05) is 30.2 Å². The summed E-state index contributed by atoms with van der Waals surface area (Å²) in [5.41, 5.74) is 2.22. The molecule has 0 bridgehead atoms. The Morgan fingerprint density at radius 2 is 1.94 bits per heavy atom. The topological polar surface area (TPSA) is 83.9 Å². The first-order chi connectivity index (χ1) is 16.0. The van der Waals surface area contributed by atoms with Gasteiger partial charge in [0.15, 0.2) is 0 Å². The van der Waals surface area contributed by atoms with Crippen LogP contribution < -0.4 is 5.56 Å². The number of amides is 1. The van der Waals surface area contributed by atoms with Crippen molar-refractivity contribution in [1.29, 1.82) is 0 Å². The number of hydrogen-bond acceptors (Lipinski definition) is 4. The molecule has 0 atom stereocenters. The van der Waals surface area contributed by atoms with Gasteiger partial charge in [0.25, 0.3) is 5.56 Å². The molecule has 0 spiro atoms. The van der Waals surface area contributed by atoms with Crippen LogP contribution in [0.1, 0.15) is 25.0 Å². The van der Waals surface area contributed by atoms with Crippen molar-refractivity contribution in [3.8, 4) is 11.3 Å². The number of unbranched alkanes of at least 4 members (excludes halogenated alkanes) is 2. The largest absolute Gasteiger partial charge is 0.344 e. The summed E-state index contributed by atoms with van der Waals surface area (Å²) in [6.07, 6.45) is 5.18. The van der Waals surface area contributed by atoms with E-state index in [2.05, 4.69) is 15.3 Å². The van der Waals surface area contributed by atoms with Crippen LogP contribution in [0.15, 0.2) is 65.6 Å². The van der Waals surface area contributed by atoms with Gasteiger partial charge in [-0.25, -0.2) is 9.07 Å². The van der Waals surface area contributed by atoms with Crippen LogP contribution in [0.5, 0.6) is 0 Å². The number of aromatic nitrogens is 4. The molecule has 7 nitrogen and oxygen atoms in total. The first-order valence-corrected chi connectivity index (χ1v) is 11.0. The zero-order chi connectivity index (χ0) is 23.2. The lowest BCUT2D eigenvalue weighted by atomic mass is 10.1. The molecule has 0 saturated heterocycles. The molecular formula is C25H26FN5O2. The van der Waals surface area contributed by atoms with Crippen LogP contribution >= 0.6 is 0 Å². The van der Waals surface area contributed by atoms with Gasteiger partial charge in [-0.1, -0.05) is 36.8 Å². The summed E-state index contributed by atoms with van der Waals surface area (Å²) in [5.74, 6) is -0.426. The highest BCUT2D eigenvalue weighted by atomic mass is 19.1. The standard InChI is InChI=1S/C25H26FN5O2/c1-30(24(32)17-31-25(33)22-12-5-4-8-19(22)16-27-31)13-6-2-3-11-21-15-23(29-28-21)18-9-7-10-20(26)14-18/h4-5,7-10,12,14-16H,2-3,6,11,13,17H2,1H3,(H,28,29). The predicted octanol–water partition coefficient (Wildman–Crippen LogP) is 3.80. The number of aryl methyl sites for hydroxylation is 1. The molecular weight excluding hydrogens is 421 g/mol. The summed E-state index contributed by atoms with van der Waals surface area (Å²) in [4.78, 5) is 26.7. The maximum absolute atomic E-state index is 13.4. The van der Waals surface area contributed by atoms with Crippen molar-refractivity contribution in [3.63, 3.8) is 0 Å². The van der Waals surface area contributed by atoms with E-state index in [9.17, 15) is 14.0 Å². The molecule has 4 aromatic rings. The molecule has 0 aliphatic carbocycles. The second-order valence-corrected chi connectivity index (χ2v) is 8.11. The van der Waals surface area contributed by atoms with Gasteiger partial charge in [-0.05, 0) is 43.5 Å². The van der Waals surface area contributed by atoms with Crippen molar-refractivity contribution in [2.24, 2.45) is 0 Å². The van der Waals surface area contributed by atoms with E-state index in [0.717, 1.165) is 48.0 Å². The Hall–Kier alpha value is -3.81. The first-order valence-electron chi connectivity index (χ1n) is 11.0. The van der Waals surface area contributed by atoms with E-state index in [0.29, 0.717) is 11.9 Å². The van der Waals surface area contributed by atoms with Gasteiger partial charge in [-0.15, -0.1) is 0 Å². The number of likely N-dealkylation sites (N-methyl/N-ethyl adjacent to an activating group) is 1. The summed E-state index contributed by atoms with van der Waals surface area (Å²) in [7, 11) is 1.74. The molecule has 33 heavy (non-hydrogen) atoms. The van der Waals surface area contributed by atoms with Crippen molar-refractivity contribution < 1.29 is 9.18 Å². The lowest BCUT2D eigenvalue weighted by Gasteiger charge is -2.17. The summed E-state index contributed by atoms with van der Waals surface area (Å²) in [6, 6.07) is 15.5. The highest BCUT2D eigenvalue weighted by Gasteiger charge is 2.12. The van der Waals surface area contributed by atoms with Gasteiger partial charge < -0.3 is 4.90 Å². The molecule has 2 heterocycles. The number of nitrogens with one attached hydrogen (secondary N) is 1. The fourth-order valence-electron chi connectivity index (χ4n) is 3.74. The zero-order valence-corrected chi connectivity index (χ0v) is 18.5. The Balaban J connectivity index is 1.21. The predicted molar refractivity (Wildman–Crippen MR) is 125 cm³/mol. The van der Waals surface area contributed by atoms with Gasteiger partial charge in [-0.3, -0.25) is 14.7 Å². The van der Waals surface area contributed by atoms with Crippen molar-refractivity contribution >= 4 is 16.7 Å². The minimum atomic E-state index is -0.281. The Labute approximate surface area is 190 Å². The third-order valence-corrected chi connectivity index (χ3v) is 5.66. The maximum Gasteiger partial charge on any atom is 0.275 e. The summed E-state index contributed by atoms with van der Waals surface area (Å²) in [6.45, 7) is 0.538. The molecule has 0 fully saturated rings. The van der Waals surface area contributed by atoms with E-state index < -0.39 is 0 Å². The molecule has 4 rings (SSSR count). The molecule has 1 amide bonds. The number of nitrogens with zero attached hydrogens (tertiary/aromatic N) is 4. The van der Waals surface area contributed by atoms with Crippen LogP contribution in [-0.4, -0.2) is 44.4 Å². The van der Waals surface area contributed by atoms with Gasteiger partial charge in [0.05, 0.1) is 17.3 Å². The smallest absolute Gasteiger partial charge is 0.275 e. The molecule has 2 aromatic heterocycles.